The van der Waals surface area contributed by atoms with Crippen LogP contribution in [-0.4, -0.2) is 43.9 Å². The van der Waals surface area contributed by atoms with E-state index in [9.17, 15) is 19.1 Å². The predicted molar refractivity (Wildman–Crippen MR) is 116 cm³/mol. The van der Waals surface area contributed by atoms with Crippen LogP contribution < -0.4 is 10.1 Å². The van der Waals surface area contributed by atoms with Crippen molar-refractivity contribution in [2.75, 3.05) is 0 Å². The maximum atomic E-state index is 13.9. The third-order valence-corrected chi connectivity index (χ3v) is 4.37. The number of hydrogen-bond acceptors (Lipinski definition) is 8. The van der Waals surface area contributed by atoms with Crippen LogP contribution in [-0.2, 0) is 16.0 Å². The minimum atomic E-state index is -1.32. The van der Waals surface area contributed by atoms with Gasteiger partial charge in [0.2, 0.25) is 11.7 Å². The van der Waals surface area contributed by atoms with E-state index in [1.54, 1.807) is 45.0 Å². The number of alkyl carbamates (subject to hydrolysis) is 1. The summed E-state index contributed by atoms with van der Waals surface area (Å²) < 4.78 is 30.0. The number of carboxylic acid groups (broad SMARTS) is 1. The summed E-state index contributed by atoms with van der Waals surface area (Å²) in [5.74, 6) is -1.53. The van der Waals surface area contributed by atoms with Crippen molar-refractivity contribution in [2.45, 2.75) is 38.8 Å². The highest BCUT2D eigenvalue weighted by Crippen LogP contribution is 2.26. The number of nitrogens with zero attached hydrogens (tertiary/aromatic N) is 3. The Balaban J connectivity index is 1.66. The second-order valence-electron chi connectivity index (χ2n) is 7.82. The number of rotatable bonds is 7. The molecule has 0 radical (unpaired) electrons. The van der Waals surface area contributed by atoms with Crippen molar-refractivity contribution in [3.8, 4) is 23.0 Å². The van der Waals surface area contributed by atoms with Gasteiger partial charge in [0.05, 0.1) is 6.42 Å². The average Bonchev–Trinajstić information content (AvgIpc) is 3.17. The molecule has 2 aromatic heterocycles. The van der Waals surface area contributed by atoms with Gasteiger partial charge in [-0.2, -0.15) is 4.98 Å². The first-order valence-corrected chi connectivity index (χ1v) is 10.4. The SMILES string of the molecule is CC(C)(C)OC(=O)NC(Cc1nc(-c2ccc(Oc3ncc(Br)cc3F)cc2)no1)C(=O)O. The summed E-state index contributed by atoms with van der Waals surface area (Å²) >= 11 is 3.12. The van der Waals surface area contributed by atoms with Crippen molar-refractivity contribution in [3.05, 3.63) is 52.7 Å². The van der Waals surface area contributed by atoms with E-state index in [-0.39, 0.29) is 24.0 Å². The van der Waals surface area contributed by atoms with E-state index in [1.165, 1.54) is 12.3 Å². The molecule has 3 aromatic rings. The van der Waals surface area contributed by atoms with Crippen LogP contribution in [0, 0.1) is 5.82 Å². The Bertz CT molecular complexity index is 1150. The van der Waals surface area contributed by atoms with Gasteiger partial charge in [0.25, 0.3) is 5.88 Å². The zero-order chi connectivity index (χ0) is 24.2. The third kappa shape index (κ3) is 6.97. The lowest BCUT2D eigenvalue weighted by atomic mass is 10.2. The van der Waals surface area contributed by atoms with Crippen molar-refractivity contribution in [1.82, 2.24) is 20.4 Å². The van der Waals surface area contributed by atoms with Gasteiger partial charge in [0, 0.05) is 16.2 Å². The lowest BCUT2D eigenvalue weighted by Gasteiger charge is -2.21. The van der Waals surface area contributed by atoms with E-state index in [4.69, 9.17) is 14.0 Å². The van der Waals surface area contributed by atoms with Gasteiger partial charge in [0.15, 0.2) is 5.82 Å². The summed E-state index contributed by atoms with van der Waals surface area (Å²) in [6.45, 7) is 4.98. The second-order valence-corrected chi connectivity index (χ2v) is 8.74. The van der Waals surface area contributed by atoms with Crippen LogP contribution in [0.15, 0.2) is 45.5 Å². The Labute approximate surface area is 196 Å². The van der Waals surface area contributed by atoms with Crippen molar-refractivity contribution < 1.29 is 33.1 Å². The van der Waals surface area contributed by atoms with Crippen LogP contribution in [0.4, 0.5) is 9.18 Å². The molecule has 10 nitrogen and oxygen atoms in total. The monoisotopic (exact) mass is 522 g/mol. The van der Waals surface area contributed by atoms with Gasteiger partial charge in [-0.15, -0.1) is 0 Å². The van der Waals surface area contributed by atoms with Crippen molar-refractivity contribution in [2.24, 2.45) is 0 Å². The zero-order valence-corrected chi connectivity index (χ0v) is 19.4. The van der Waals surface area contributed by atoms with Gasteiger partial charge in [-0.1, -0.05) is 5.16 Å². The molecule has 174 valence electrons. The number of aromatic nitrogens is 3. The van der Waals surface area contributed by atoms with Gasteiger partial charge >= 0.3 is 12.1 Å². The van der Waals surface area contributed by atoms with Crippen LogP contribution in [0.1, 0.15) is 26.7 Å². The highest BCUT2D eigenvalue weighted by molar-refractivity contribution is 9.10. The van der Waals surface area contributed by atoms with Gasteiger partial charge in [-0.05, 0) is 67.0 Å². The number of nitrogens with one attached hydrogen (secondary N) is 1. The smallest absolute Gasteiger partial charge is 0.408 e. The molecule has 0 aliphatic rings. The lowest BCUT2D eigenvalue weighted by molar-refractivity contribution is -0.139. The second kappa shape index (κ2) is 9.94. The minimum absolute atomic E-state index is 0.00918. The molecule has 1 amide bonds. The van der Waals surface area contributed by atoms with E-state index in [0.717, 1.165) is 0 Å². The fraction of sp³-hybridized carbons (Fsp3) is 0.286. The van der Waals surface area contributed by atoms with Gasteiger partial charge in [-0.3, -0.25) is 0 Å². The van der Waals surface area contributed by atoms with Gasteiger partial charge in [0.1, 0.15) is 17.4 Å². The summed E-state index contributed by atoms with van der Waals surface area (Å²) in [5, 5.41) is 15.5. The highest BCUT2D eigenvalue weighted by Gasteiger charge is 2.26. The van der Waals surface area contributed by atoms with Gasteiger partial charge in [-0.25, -0.2) is 19.0 Å². The number of aliphatic carboxylic acids is 1. The topological polar surface area (TPSA) is 137 Å². The molecule has 0 aliphatic carbocycles. The molecule has 2 heterocycles. The maximum Gasteiger partial charge on any atom is 0.408 e. The number of pyridine rings is 1. The van der Waals surface area contributed by atoms with E-state index >= 15 is 0 Å². The normalized spacial score (nSPS) is 12.2. The Hall–Kier alpha value is -3.54. The Morgan fingerprint density at radius 1 is 1.27 bits per heavy atom. The number of halogens is 2. The van der Waals surface area contributed by atoms with E-state index in [1.807, 2.05) is 0 Å². The van der Waals surface area contributed by atoms with E-state index in [0.29, 0.717) is 15.8 Å². The molecule has 1 aromatic carbocycles. The summed E-state index contributed by atoms with van der Waals surface area (Å²) in [7, 11) is 0. The molecule has 0 saturated carbocycles. The summed E-state index contributed by atoms with van der Waals surface area (Å²) in [6, 6.07) is 6.29. The highest BCUT2D eigenvalue weighted by atomic mass is 79.9. The molecular weight excluding hydrogens is 503 g/mol. The predicted octanol–water partition coefficient (Wildman–Crippen LogP) is 4.35. The number of carbonyl (C=O) groups excluding carboxylic acids is 1. The summed E-state index contributed by atoms with van der Waals surface area (Å²) in [5.41, 5.74) is -0.228. The molecule has 12 heteroatoms. The van der Waals surface area contributed by atoms with Gasteiger partial charge < -0.3 is 24.4 Å². The first-order valence-electron chi connectivity index (χ1n) is 9.64. The number of amides is 1. The first-order chi connectivity index (χ1) is 15.5. The van der Waals surface area contributed by atoms with Crippen LogP contribution in [0.3, 0.4) is 0 Å². The number of hydrogen-bond donors (Lipinski definition) is 2. The van der Waals surface area contributed by atoms with Crippen molar-refractivity contribution >= 4 is 28.0 Å². The largest absolute Gasteiger partial charge is 0.480 e. The minimum Gasteiger partial charge on any atom is -0.480 e. The quantitative estimate of drug-likeness (QED) is 0.463. The molecule has 33 heavy (non-hydrogen) atoms. The molecule has 3 rings (SSSR count). The number of ether oxygens (including phenoxy) is 2. The zero-order valence-electron chi connectivity index (χ0n) is 17.8. The Kier molecular flexibility index (Phi) is 7.26. The molecule has 1 unspecified atom stereocenters. The number of carboxylic acids is 1. The summed E-state index contributed by atoms with van der Waals surface area (Å²) in [4.78, 5) is 31.4. The Morgan fingerprint density at radius 3 is 2.58 bits per heavy atom. The van der Waals surface area contributed by atoms with Crippen LogP contribution in [0.25, 0.3) is 11.4 Å². The van der Waals surface area contributed by atoms with Crippen LogP contribution >= 0.6 is 15.9 Å². The maximum absolute atomic E-state index is 13.9. The summed E-state index contributed by atoms with van der Waals surface area (Å²) in [6.07, 6.45) is 0.300. The molecule has 0 aliphatic heterocycles. The van der Waals surface area contributed by atoms with Crippen molar-refractivity contribution in [3.63, 3.8) is 0 Å². The number of benzene rings is 1. The molecule has 0 bridgehead atoms. The standard InChI is InChI=1S/C21H20BrFN4O6/c1-21(2,3)32-20(30)25-15(19(28)29)9-16-26-17(27-33-16)11-4-6-13(7-5-11)31-18-14(23)8-12(22)10-24-18/h4-8,10,15H,9H2,1-3H3,(H,25,30)(H,28,29). The number of carbonyl (C=O) groups is 2. The molecule has 1 atom stereocenters. The Morgan fingerprint density at radius 2 is 1.97 bits per heavy atom. The lowest BCUT2D eigenvalue weighted by Crippen LogP contribution is -2.44. The molecule has 0 fully saturated rings. The molecular formula is C21H20BrFN4O6. The third-order valence-electron chi connectivity index (χ3n) is 3.94. The first kappa shape index (κ1) is 24.1. The van der Waals surface area contributed by atoms with Crippen LogP contribution in [0.5, 0.6) is 11.6 Å². The van der Waals surface area contributed by atoms with Crippen molar-refractivity contribution in [1.29, 1.82) is 0 Å². The molecule has 0 spiro atoms. The fourth-order valence-electron chi connectivity index (χ4n) is 2.54. The van der Waals surface area contributed by atoms with E-state index < -0.39 is 29.5 Å². The van der Waals surface area contributed by atoms with Crippen LogP contribution in [0.2, 0.25) is 0 Å². The molecule has 2 N–H and O–H groups in total. The van der Waals surface area contributed by atoms with E-state index in [2.05, 4.69) is 36.4 Å². The molecule has 0 saturated heterocycles. The average molecular weight is 523 g/mol. The fourth-order valence-corrected chi connectivity index (χ4v) is 2.84.